The maximum absolute atomic E-state index is 3.83. The van der Waals surface area contributed by atoms with Crippen molar-refractivity contribution in [1.29, 1.82) is 0 Å². The summed E-state index contributed by atoms with van der Waals surface area (Å²) >= 11 is 2.09. The molecule has 3 heteroatoms. The predicted octanol–water partition coefficient (Wildman–Crippen LogP) is 2.37. The zero-order valence-corrected chi connectivity index (χ0v) is 11.6. The summed E-state index contributed by atoms with van der Waals surface area (Å²) in [6.45, 7) is 8.43. The second kappa shape index (κ2) is 8.15. The van der Waals surface area contributed by atoms with E-state index in [2.05, 4.69) is 42.5 Å². The number of rotatable bonds is 7. The van der Waals surface area contributed by atoms with Gasteiger partial charge >= 0.3 is 0 Å². The third-order valence-electron chi connectivity index (χ3n) is 3.25. The summed E-state index contributed by atoms with van der Waals surface area (Å²) in [6, 6.07) is 1.33. The van der Waals surface area contributed by atoms with Crippen molar-refractivity contribution in [3.8, 4) is 0 Å². The first kappa shape index (κ1) is 14.1. The second-order valence-corrected chi connectivity index (χ2v) is 5.70. The van der Waals surface area contributed by atoms with Gasteiger partial charge in [-0.15, -0.1) is 6.58 Å². The lowest BCUT2D eigenvalue weighted by Gasteiger charge is -2.38. The summed E-state index contributed by atoms with van der Waals surface area (Å²) in [5, 5.41) is 3.70. The molecule has 0 bridgehead atoms. The van der Waals surface area contributed by atoms with E-state index in [1.165, 1.54) is 30.9 Å². The van der Waals surface area contributed by atoms with Crippen LogP contribution in [0.1, 0.15) is 26.2 Å². The average molecular weight is 242 g/mol. The molecular formula is C13H26N2S. The van der Waals surface area contributed by atoms with Gasteiger partial charge < -0.3 is 10.2 Å². The lowest BCUT2D eigenvalue weighted by Crippen LogP contribution is -2.52. The monoisotopic (exact) mass is 242 g/mol. The third kappa shape index (κ3) is 4.48. The number of hydrogen-bond acceptors (Lipinski definition) is 3. The van der Waals surface area contributed by atoms with E-state index in [1.54, 1.807) is 0 Å². The lowest BCUT2D eigenvalue weighted by molar-refractivity contribution is 0.208. The van der Waals surface area contributed by atoms with E-state index < -0.39 is 0 Å². The first-order valence-electron chi connectivity index (χ1n) is 6.41. The molecule has 1 fully saturated rings. The molecular weight excluding hydrogens is 216 g/mol. The number of hydrogen-bond donors (Lipinski definition) is 1. The predicted molar refractivity (Wildman–Crippen MR) is 75.3 cm³/mol. The maximum Gasteiger partial charge on any atom is 0.0337 e. The molecule has 2 atom stereocenters. The van der Waals surface area contributed by atoms with Crippen LogP contribution < -0.4 is 5.32 Å². The number of nitrogens with zero attached hydrogens (tertiary/aromatic N) is 1. The molecule has 94 valence electrons. The normalized spacial score (nSPS) is 24.2. The Morgan fingerprint density at radius 3 is 3.06 bits per heavy atom. The van der Waals surface area contributed by atoms with E-state index in [1.807, 2.05) is 6.08 Å². The zero-order valence-electron chi connectivity index (χ0n) is 10.7. The molecule has 0 aromatic carbocycles. The Hall–Kier alpha value is 0.01000. The van der Waals surface area contributed by atoms with Gasteiger partial charge in [0, 0.05) is 30.1 Å². The highest BCUT2D eigenvalue weighted by molar-refractivity contribution is 7.99. The van der Waals surface area contributed by atoms with Crippen LogP contribution in [-0.4, -0.2) is 48.6 Å². The quantitative estimate of drug-likeness (QED) is 0.690. The van der Waals surface area contributed by atoms with Crippen molar-refractivity contribution in [2.75, 3.05) is 31.6 Å². The van der Waals surface area contributed by atoms with Gasteiger partial charge in [-0.1, -0.05) is 13.0 Å². The van der Waals surface area contributed by atoms with Crippen molar-refractivity contribution in [1.82, 2.24) is 10.2 Å². The van der Waals surface area contributed by atoms with Gasteiger partial charge in [0.1, 0.15) is 0 Å². The van der Waals surface area contributed by atoms with E-state index in [9.17, 15) is 0 Å². The van der Waals surface area contributed by atoms with Gasteiger partial charge in [-0.2, -0.15) is 11.8 Å². The Balaban J connectivity index is 2.46. The highest BCUT2D eigenvalue weighted by Crippen LogP contribution is 2.19. The number of nitrogens with one attached hydrogen (secondary N) is 1. The standard InChI is InChI=1S/C13H26N2S/c1-4-6-7-12(14-8-5-2)13-11-16-10-9-15(13)3/h4,12-14H,1,5-11H2,2-3H3. The van der Waals surface area contributed by atoms with Crippen LogP contribution in [-0.2, 0) is 0 Å². The van der Waals surface area contributed by atoms with Gasteiger partial charge in [-0.05, 0) is 32.9 Å². The molecule has 0 aromatic heterocycles. The van der Waals surface area contributed by atoms with Gasteiger partial charge in [-0.25, -0.2) is 0 Å². The van der Waals surface area contributed by atoms with Crippen LogP contribution >= 0.6 is 11.8 Å². The molecule has 0 spiro atoms. The van der Waals surface area contributed by atoms with Crippen molar-refractivity contribution < 1.29 is 0 Å². The third-order valence-corrected chi connectivity index (χ3v) is 4.29. The molecule has 0 saturated carbocycles. The van der Waals surface area contributed by atoms with E-state index in [-0.39, 0.29) is 0 Å². The highest BCUT2D eigenvalue weighted by atomic mass is 32.2. The van der Waals surface area contributed by atoms with Crippen LogP contribution in [0.25, 0.3) is 0 Å². The molecule has 1 aliphatic rings. The summed E-state index contributed by atoms with van der Waals surface area (Å²) in [5.74, 6) is 2.56. The molecule has 2 nitrogen and oxygen atoms in total. The molecule has 1 aliphatic heterocycles. The molecule has 0 aliphatic carbocycles. The molecule has 0 amide bonds. The molecule has 1 N–H and O–H groups in total. The fourth-order valence-corrected chi connectivity index (χ4v) is 3.50. The molecule has 2 unspecified atom stereocenters. The fourth-order valence-electron chi connectivity index (χ4n) is 2.19. The summed E-state index contributed by atoms with van der Waals surface area (Å²) in [5.41, 5.74) is 0. The SMILES string of the molecule is C=CCCC(NCCC)C1CSCCN1C. The minimum absolute atomic E-state index is 0.635. The summed E-state index contributed by atoms with van der Waals surface area (Å²) in [7, 11) is 2.26. The van der Waals surface area contributed by atoms with Crippen molar-refractivity contribution in [2.24, 2.45) is 0 Å². The molecule has 0 radical (unpaired) electrons. The number of allylic oxidation sites excluding steroid dienone is 1. The van der Waals surface area contributed by atoms with Gasteiger partial charge in [0.2, 0.25) is 0 Å². The Bertz CT molecular complexity index is 196. The van der Waals surface area contributed by atoms with E-state index in [0.29, 0.717) is 12.1 Å². The number of likely N-dealkylation sites (N-methyl/N-ethyl adjacent to an activating group) is 1. The van der Waals surface area contributed by atoms with E-state index in [4.69, 9.17) is 0 Å². The Morgan fingerprint density at radius 1 is 1.62 bits per heavy atom. The smallest absolute Gasteiger partial charge is 0.0337 e. The van der Waals surface area contributed by atoms with Gasteiger partial charge in [0.05, 0.1) is 0 Å². The highest BCUT2D eigenvalue weighted by Gasteiger charge is 2.26. The first-order valence-corrected chi connectivity index (χ1v) is 7.57. The van der Waals surface area contributed by atoms with Gasteiger partial charge in [0.15, 0.2) is 0 Å². The van der Waals surface area contributed by atoms with Crippen LogP contribution in [0, 0.1) is 0 Å². The van der Waals surface area contributed by atoms with Crippen LogP contribution in [0.15, 0.2) is 12.7 Å². The molecule has 0 aromatic rings. The van der Waals surface area contributed by atoms with Crippen molar-refractivity contribution in [3.05, 3.63) is 12.7 Å². The topological polar surface area (TPSA) is 15.3 Å². The van der Waals surface area contributed by atoms with Gasteiger partial charge in [0.25, 0.3) is 0 Å². The van der Waals surface area contributed by atoms with Crippen LogP contribution in [0.4, 0.5) is 0 Å². The molecule has 16 heavy (non-hydrogen) atoms. The van der Waals surface area contributed by atoms with Gasteiger partial charge in [-0.3, -0.25) is 0 Å². The summed E-state index contributed by atoms with van der Waals surface area (Å²) in [4.78, 5) is 2.52. The van der Waals surface area contributed by atoms with Crippen LogP contribution in [0.5, 0.6) is 0 Å². The first-order chi connectivity index (χ1) is 7.79. The summed E-state index contributed by atoms with van der Waals surface area (Å²) < 4.78 is 0. The van der Waals surface area contributed by atoms with Crippen molar-refractivity contribution >= 4 is 11.8 Å². The Labute approximate surface area is 105 Å². The molecule has 1 saturated heterocycles. The zero-order chi connectivity index (χ0) is 11.8. The fraction of sp³-hybridized carbons (Fsp3) is 0.846. The van der Waals surface area contributed by atoms with Crippen LogP contribution in [0.3, 0.4) is 0 Å². The minimum Gasteiger partial charge on any atom is -0.312 e. The molecule has 1 rings (SSSR count). The van der Waals surface area contributed by atoms with Crippen molar-refractivity contribution in [2.45, 2.75) is 38.3 Å². The lowest BCUT2D eigenvalue weighted by atomic mass is 10.0. The Kier molecular flexibility index (Phi) is 7.17. The van der Waals surface area contributed by atoms with Crippen molar-refractivity contribution in [3.63, 3.8) is 0 Å². The minimum atomic E-state index is 0.635. The number of thioether (sulfide) groups is 1. The summed E-state index contributed by atoms with van der Waals surface area (Å²) in [6.07, 6.45) is 5.60. The second-order valence-electron chi connectivity index (χ2n) is 4.55. The Morgan fingerprint density at radius 2 is 2.44 bits per heavy atom. The van der Waals surface area contributed by atoms with E-state index >= 15 is 0 Å². The van der Waals surface area contributed by atoms with E-state index in [0.717, 1.165) is 13.0 Å². The maximum atomic E-state index is 3.83. The largest absolute Gasteiger partial charge is 0.312 e. The van der Waals surface area contributed by atoms with Crippen LogP contribution in [0.2, 0.25) is 0 Å². The molecule has 1 heterocycles. The average Bonchev–Trinajstić information content (AvgIpc) is 2.31.